The molecule has 9 heteroatoms. The summed E-state index contributed by atoms with van der Waals surface area (Å²) in [7, 11) is -2.41. The first kappa shape index (κ1) is 22.1. The number of ether oxygens (including phenoxy) is 3. The molecule has 5 rings (SSSR count). The highest BCUT2D eigenvalue weighted by atomic mass is 32.2. The van der Waals surface area contributed by atoms with E-state index in [1.165, 1.54) is 29.6 Å². The van der Waals surface area contributed by atoms with Crippen LogP contribution in [-0.2, 0) is 16.4 Å². The van der Waals surface area contributed by atoms with Crippen LogP contribution in [0, 0.1) is 0 Å². The molecule has 3 aromatic rings. The van der Waals surface area contributed by atoms with Crippen molar-refractivity contribution in [3.63, 3.8) is 0 Å². The Hall–Kier alpha value is -3.72. The third-order valence-corrected chi connectivity index (χ3v) is 7.72. The van der Waals surface area contributed by atoms with Gasteiger partial charge in [0.1, 0.15) is 18.5 Å². The molecule has 176 valence electrons. The number of nitrogens with one attached hydrogen (secondary N) is 1. The molecule has 1 N–H and O–H groups in total. The molecule has 1 atom stereocenters. The molecule has 0 aliphatic carbocycles. The maximum atomic E-state index is 13.4. The predicted molar refractivity (Wildman–Crippen MR) is 126 cm³/mol. The molecular weight excluding hydrogens is 456 g/mol. The molecule has 0 saturated carbocycles. The summed E-state index contributed by atoms with van der Waals surface area (Å²) in [6.45, 7) is 0.833. The van der Waals surface area contributed by atoms with Crippen LogP contribution in [0.3, 0.4) is 0 Å². The molecule has 2 aliphatic heterocycles. The van der Waals surface area contributed by atoms with Crippen molar-refractivity contribution in [1.82, 2.24) is 5.32 Å². The number of para-hydroxylation sites is 3. The van der Waals surface area contributed by atoms with Crippen LogP contribution in [0.2, 0.25) is 0 Å². The number of fused-ring (bicyclic) bond motifs is 2. The fourth-order valence-corrected chi connectivity index (χ4v) is 5.71. The van der Waals surface area contributed by atoms with Crippen molar-refractivity contribution in [2.45, 2.75) is 17.4 Å². The number of sulfonamides is 1. The topological polar surface area (TPSA) is 94.2 Å². The number of anilines is 1. The number of methoxy groups -OCH3 is 1. The van der Waals surface area contributed by atoms with E-state index >= 15 is 0 Å². The summed E-state index contributed by atoms with van der Waals surface area (Å²) < 4.78 is 45.1. The highest BCUT2D eigenvalue weighted by Gasteiger charge is 2.32. The van der Waals surface area contributed by atoms with Crippen LogP contribution in [0.1, 0.15) is 15.9 Å². The van der Waals surface area contributed by atoms with Gasteiger partial charge in [-0.3, -0.25) is 9.10 Å². The second kappa shape index (κ2) is 8.90. The van der Waals surface area contributed by atoms with E-state index < -0.39 is 15.9 Å². The SMILES string of the molecule is COc1ccc(S(=O)(=O)N2CCc3ccccc32)cc1C(=O)NC[C@H]1COc2ccccc2O1. The molecule has 0 aromatic heterocycles. The van der Waals surface area contributed by atoms with E-state index in [2.05, 4.69) is 5.32 Å². The minimum Gasteiger partial charge on any atom is -0.496 e. The number of hydrogen-bond acceptors (Lipinski definition) is 6. The van der Waals surface area contributed by atoms with Gasteiger partial charge in [0.2, 0.25) is 0 Å². The Morgan fingerprint density at radius 3 is 2.68 bits per heavy atom. The zero-order valence-corrected chi connectivity index (χ0v) is 19.4. The van der Waals surface area contributed by atoms with Crippen molar-refractivity contribution in [2.24, 2.45) is 0 Å². The van der Waals surface area contributed by atoms with E-state index in [4.69, 9.17) is 14.2 Å². The lowest BCUT2D eigenvalue weighted by Crippen LogP contribution is -2.40. The summed E-state index contributed by atoms with van der Waals surface area (Å²) in [6, 6.07) is 19.1. The largest absolute Gasteiger partial charge is 0.496 e. The highest BCUT2D eigenvalue weighted by molar-refractivity contribution is 7.92. The Labute approximate surface area is 198 Å². The average molecular weight is 481 g/mol. The number of carbonyl (C=O) groups is 1. The molecule has 0 radical (unpaired) electrons. The summed E-state index contributed by atoms with van der Waals surface area (Å²) in [4.78, 5) is 13.0. The molecule has 0 spiro atoms. The van der Waals surface area contributed by atoms with Crippen LogP contribution in [0.4, 0.5) is 5.69 Å². The molecule has 1 amide bonds. The third-order valence-electron chi connectivity index (χ3n) is 5.91. The number of nitrogens with zero attached hydrogens (tertiary/aromatic N) is 1. The molecule has 34 heavy (non-hydrogen) atoms. The van der Waals surface area contributed by atoms with Gasteiger partial charge in [-0.1, -0.05) is 30.3 Å². The molecule has 0 saturated heterocycles. The monoisotopic (exact) mass is 480 g/mol. The Morgan fingerprint density at radius 1 is 1.09 bits per heavy atom. The van der Waals surface area contributed by atoms with Crippen LogP contribution in [0.15, 0.2) is 71.6 Å². The van der Waals surface area contributed by atoms with E-state index in [1.807, 2.05) is 36.4 Å². The van der Waals surface area contributed by atoms with E-state index in [0.29, 0.717) is 30.2 Å². The second-order valence-electron chi connectivity index (χ2n) is 8.03. The van der Waals surface area contributed by atoms with E-state index in [1.54, 1.807) is 12.1 Å². The van der Waals surface area contributed by atoms with Crippen molar-refractivity contribution < 1.29 is 27.4 Å². The first-order valence-corrected chi connectivity index (χ1v) is 12.4. The van der Waals surface area contributed by atoms with Gasteiger partial charge >= 0.3 is 0 Å². The first-order chi connectivity index (χ1) is 16.5. The van der Waals surface area contributed by atoms with Crippen molar-refractivity contribution >= 4 is 21.6 Å². The summed E-state index contributed by atoms with van der Waals surface area (Å²) in [5, 5.41) is 2.81. The molecular formula is C25H24N2O6S. The standard InChI is InChI=1S/C25H24N2O6S/c1-31-22-11-10-19(34(29,30)27-13-12-17-6-2-3-7-21(17)27)14-20(22)25(28)26-15-18-16-32-23-8-4-5-9-24(23)33-18/h2-11,14,18H,12-13,15-16H2,1H3,(H,26,28)/t18-/m0/s1. The average Bonchev–Trinajstić information content (AvgIpc) is 3.32. The minimum absolute atomic E-state index is 0.0290. The lowest BCUT2D eigenvalue weighted by Gasteiger charge is -2.26. The van der Waals surface area contributed by atoms with Gasteiger partial charge in [-0.05, 0) is 48.4 Å². The molecule has 3 aromatic carbocycles. The summed E-state index contributed by atoms with van der Waals surface area (Å²) in [6.07, 6.45) is 0.267. The molecule has 0 fully saturated rings. The summed E-state index contributed by atoms with van der Waals surface area (Å²) >= 11 is 0. The van der Waals surface area contributed by atoms with Crippen LogP contribution in [-0.4, -0.2) is 47.2 Å². The molecule has 0 bridgehead atoms. The second-order valence-corrected chi connectivity index (χ2v) is 9.89. The van der Waals surface area contributed by atoms with Gasteiger partial charge < -0.3 is 19.5 Å². The van der Waals surface area contributed by atoms with Gasteiger partial charge in [0.15, 0.2) is 11.5 Å². The number of benzene rings is 3. The Balaban J connectivity index is 1.35. The zero-order chi connectivity index (χ0) is 23.7. The van der Waals surface area contributed by atoms with Crippen molar-refractivity contribution in [2.75, 3.05) is 31.1 Å². The molecule has 0 unspecified atom stereocenters. The number of carbonyl (C=O) groups excluding carboxylic acids is 1. The van der Waals surface area contributed by atoms with Crippen molar-refractivity contribution in [3.05, 3.63) is 77.9 Å². The third kappa shape index (κ3) is 4.03. The maximum absolute atomic E-state index is 13.4. The van der Waals surface area contributed by atoms with Gasteiger partial charge in [0.25, 0.3) is 15.9 Å². The van der Waals surface area contributed by atoms with Crippen LogP contribution in [0.25, 0.3) is 0 Å². The van der Waals surface area contributed by atoms with E-state index in [-0.39, 0.29) is 35.5 Å². The van der Waals surface area contributed by atoms with Gasteiger partial charge in [-0.25, -0.2) is 8.42 Å². The fourth-order valence-electron chi connectivity index (χ4n) is 4.18. The van der Waals surface area contributed by atoms with Gasteiger partial charge in [0.05, 0.1) is 29.8 Å². The molecule has 2 aliphatic rings. The van der Waals surface area contributed by atoms with E-state index in [9.17, 15) is 13.2 Å². The Morgan fingerprint density at radius 2 is 1.85 bits per heavy atom. The van der Waals surface area contributed by atoms with Crippen LogP contribution < -0.4 is 23.8 Å². The zero-order valence-electron chi connectivity index (χ0n) is 18.6. The number of hydrogen-bond donors (Lipinski definition) is 1. The van der Waals surface area contributed by atoms with Crippen LogP contribution in [0.5, 0.6) is 17.2 Å². The highest BCUT2D eigenvalue weighted by Crippen LogP contribution is 2.34. The maximum Gasteiger partial charge on any atom is 0.264 e. The Kier molecular flexibility index (Phi) is 5.79. The fraction of sp³-hybridized carbons (Fsp3) is 0.240. The van der Waals surface area contributed by atoms with Gasteiger partial charge in [0, 0.05) is 6.54 Å². The summed E-state index contributed by atoms with van der Waals surface area (Å²) in [5.41, 5.74) is 1.78. The number of amides is 1. The lowest BCUT2D eigenvalue weighted by atomic mass is 10.2. The van der Waals surface area contributed by atoms with Crippen LogP contribution >= 0.6 is 0 Å². The molecule has 8 nitrogen and oxygen atoms in total. The lowest BCUT2D eigenvalue weighted by molar-refractivity contribution is 0.0787. The van der Waals surface area contributed by atoms with Crippen molar-refractivity contribution in [3.8, 4) is 17.2 Å². The molecule has 2 heterocycles. The van der Waals surface area contributed by atoms with Gasteiger partial charge in [-0.15, -0.1) is 0 Å². The normalized spacial score (nSPS) is 16.6. The quantitative estimate of drug-likeness (QED) is 0.583. The number of rotatable bonds is 6. The smallest absolute Gasteiger partial charge is 0.264 e. The first-order valence-electron chi connectivity index (χ1n) is 10.9. The van der Waals surface area contributed by atoms with Gasteiger partial charge in [-0.2, -0.15) is 0 Å². The predicted octanol–water partition coefficient (Wildman–Crippen LogP) is 3.02. The Bertz CT molecular complexity index is 1340. The summed E-state index contributed by atoms with van der Waals surface area (Å²) in [5.74, 6) is 1.10. The van der Waals surface area contributed by atoms with Crippen molar-refractivity contribution in [1.29, 1.82) is 0 Å². The van der Waals surface area contributed by atoms with E-state index in [0.717, 1.165) is 5.56 Å². The minimum atomic E-state index is -3.85.